The third-order valence-electron chi connectivity index (χ3n) is 5.39. The van der Waals surface area contributed by atoms with Gasteiger partial charge < -0.3 is 20.1 Å². The lowest BCUT2D eigenvalue weighted by Crippen LogP contribution is -2.92. The van der Waals surface area contributed by atoms with Crippen LogP contribution in [-0.4, -0.2) is 18.7 Å². The van der Waals surface area contributed by atoms with E-state index in [0.717, 1.165) is 17.1 Å². The number of aryl methyl sites for hydroxylation is 1. The van der Waals surface area contributed by atoms with Crippen molar-refractivity contribution < 1.29 is 19.6 Å². The van der Waals surface area contributed by atoms with Crippen LogP contribution in [0.15, 0.2) is 72.8 Å². The molecule has 4 rings (SSSR count). The SMILES string of the molecule is Cc1ccc([C@@H]([NH2+][C@H](C)C(=O)NCc2ccc3c(c2)OCO3)c2ccccc2)cc1. The Balaban J connectivity index is 1.43. The zero-order valence-electron chi connectivity index (χ0n) is 17.3. The number of rotatable bonds is 7. The highest BCUT2D eigenvalue weighted by Gasteiger charge is 2.24. The van der Waals surface area contributed by atoms with Gasteiger partial charge in [0.1, 0.15) is 6.04 Å². The third kappa shape index (κ3) is 4.63. The molecule has 0 aliphatic carbocycles. The molecule has 3 aromatic rings. The van der Waals surface area contributed by atoms with E-state index in [1.165, 1.54) is 16.7 Å². The molecular formula is C25H27N2O3+. The van der Waals surface area contributed by atoms with Gasteiger partial charge in [-0.15, -0.1) is 0 Å². The van der Waals surface area contributed by atoms with Gasteiger partial charge in [0.15, 0.2) is 17.5 Å². The Hall–Kier alpha value is -3.31. The summed E-state index contributed by atoms with van der Waals surface area (Å²) < 4.78 is 10.7. The number of hydrogen-bond donors (Lipinski definition) is 2. The van der Waals surface area contributed by atoms with Crippen LogP contribution in [0.2, 0.25) is 0 Å². The minimum Gasteiger partial charge on any atom is -0.454 e. The van der Waals surface area contributed by atoms with Crippen LogP contribution in [0.1, 0.15) is 35.2 Å². The van der Waals surface area contributed by atoms with E-state index < -0.39 is 0 Å². The van der Waals surface area contributed by atoms with E-state index in [0.29, 0.717) is 6.54 Å². The molecule has 0 saturated carbocycles. The second kappa shape index (κ2) is 9.01. The number of amides is 1. The minimum absolute atomic E-state index is 0.000657. The molecule has 0 spiro atoms. The second-order valence-electron chi connectivity index (χ2n) is 7.69. The standard InChI is InChI=1S/C25H26N2O3/c1-17-8-11-21(12-9-17)24(20-6-4-3-5-7-20)27-18(2)25(28)26-15-19-10-13-22-23(14-19)30-16-29-22/h3-14,18,24,27H,15-16H2,1-2H3,(H,26,28)/p+1/t18-,24+/m1/s1. The highest BCUT2D eigenvalue weighted by atomic mass is 16.7. The Bertz CT molecular complexity index is 1000. The summed E-state index contributed by atoms with van der Waals surface area (Å²) in [6.07, 6.45) is 0. The number of benzene rings is 3. The monoisotopic (exact) mass is 403 g/mol. The summed E-state index contributed by atoms with van der Waals surface area (Å²) >= 11 is 0. The summed E-state index contributed by atoms with van der Waals surface area (Å²) in [5.41, 5.74) is 4.57. The first-order chi connectivity index (χ1) is 14.6. The third-order valence-corrected chi connectivity index (χ3v) is 5.39. The summed E-state index contributed by atoms with van der Waals surface area (Å²) in [4.78, 5) is 12.8. The Labute approximate surface area is 177 Å². The molecule has 0 aromatic heterocycles. The van der Waals surface area contributed by atoms with Crippen molar-refractivity contribution in [2.45, 2.75) is 32.5 Å². The lowest BCUT2D eigenvalue weighted by molar-refractivity contribution is -0.704. The van der Waals surface area contributed by atoms with Gasteiger partial charge in [0.2, 0.25) is 6.79 Å². The highest BCUT2D eigenvalue weighted by Crippen LogP contribution is 2.32. The summed E-state index contributed by atoms with van der Waals surface area (Å²) in [6, 6.07) is 24.4. The topological polar surface area (TPSA) is 64.2 Å². The zero-order chi connectivity index (χ0) is 20.9. The first-order valence-corrected chi connectivity index (χ1v) is 10.2. The highest BCUT2D eigenvalue weighted by molar-refractivity contribution is 5.79. The minimum atomic E-state index is -0.245. The van der Waals surface area contributed by atoms with Crippen molar-refractivity contribution in [1.29, 1.82) is 0 Å². The maximum Gasteiger partial charge on any atom is 0.278 e. The molecule has 1 amide bonds. The van der Waals surface area contributed by atoms with Crippen molar-refractivity contribution in [2.75, 3.05) is 6.79 Å². The van der Waals surface area contributed by atoms with Gasteiger partial charge in [-0.05, 0) is 31.5 Å². The zero-order valence-corrected chi connectivity index (χ0v) is 17.3. The van der Waals surface area contributed by atoms with Gasteiger partial charge in [-0.3, -0.25) is 4.79 Å². The summed E-state index contributed by atoms with van der Waals surface area (Å²) in [5, 5.41) is 5.16. The van der Waals surface area contributed by atoms with Crippen molar-refractivity contribution >= 4 is 5.91 Å². The van der Waals surface area contributed by atoms with Crippen LogP contribution in [0, 0.1) is 6.92 Å². The Kier molecular flexibility index (Phi) is 6.00. The maximum absolute atomic E-state index is 12.8. The smallest absolute Gasteiger partial charge is 0.278 e. The summed E-state index contributed by atoms with van der Waals surface area (Å²) in [5.74, 6) is 1.47. The van der Waals surface area contributed by atoms with Crippen molar-refractivity contribution in [3.8, 4) is 11.5 Å². The molecule has 0 bridgehead atoms. The van der Waals surface area contributed by atoms with Crippen LogP contribution >= 0.6 is 0 Å². The van der Waals surface area contributed by atoms with E-state index in [4.69, 9.17) is 9.47 Å². The van der Waals surface area contributed by atoms with Gasteiger partial charge in [-0.2, -0.15) is 0 Å². The molecule has 0 saturated heterocycles. The Morgan fingerprint density at radius 1 is 0.967 bits per heavy atom. The van der Waals surface area contributed by atoms with E-state index >= 15 is 0 Å². The van der Waals surface area contributed by atoms with E-state index in [1.807, 2.05) is 43.3 Å². The van der Waals surface area contributed by atoms with Gasteiger partial charge in [-0.25, -0.2) is 0 Å². The average molecular weight is 404 g/mol. The van der Waals surface area contributed by atoms with E-state index in [-0.39, 0.29) is 24.8 Å². The molecule has 154 valence electrons. The fourth-order valence-electron chi connectivity index (χ4n) is 3.63. The van der Waals surface area contributed by atoms with Gasteiger partial charge in [0, 0.05) is 17.7 Å². The predicted molar refractivity (Wildman–Crippen MR) is 115 cm³/mol. The van der Waals surface area contributed by atoms with E-state index in [2.05, 4.69) is 54.0 Å². The van der Waals surface area contributed by atoms with Crippen molar-refractivity contribution in [2.24, 2.45) is 0 Å². The van der Waals surface area contributed by atoms with Gasteiger partial charge in [-0.1, -0.05) is 66.2 Å². The molecule has 3 aromatic carbocycles. The van der Waals surface area contributed by atoms with Crippen LogP contribution in [0.5, 0.6) is 11.5 Å². The number of quaternary nitrogens is 1. The van der Waals surface area contributed by atoms with E-state index in [1.54, 1.807) is 0 Å². The molecule has 1 aliphatic heterocycles. The van der Waals surface area contributed by atoms with Gasteiger partial charge >= 0.3 is 0 Å². The molecule has 1 heterocycles. The van der Waals surface area contributed by atoms with Crippen molar-refractivity contribution in [3.63, 3.8) is 0 Å². The Morgan fingerprint density at radius 3 is 2.43 bits per heavy atom. The lowest BCUT2D eigenvalue weighted by atomic mass is 9.97. The second-order valence-corrected chi connectivity index (χ2v) is 7.69. The van der Waals surface area contributed by atoms with Crippen molar-refractivity contribution in [1.82, 2.24) is 5.32 Å². The van der Waals surface area contributed by atoms with Crippen LogP contribution in [0.25, 0.3) is 0 Å². The molecular weight excluding hydrogens is 376 g/mol. The van der Waals surface area contributed by atoms with Crippen LogP contribution in [-0.2, 0) is 11.3 Å². The molecule has 5 heteroatoms. The molecule has 30 heavy (non-hydrogen) atoms. The van der Waals surface area contributed by atoms with Gasteiger partial charge in [0.05, 0.1) is 0 Å². The summed E-state index contributed by atoms with van der Waals surface area (Å²) in [7, 11) is 0. The average Bonchev–Trinajstić information content (AvgIpc) is 3.25. The number of nitrogens with one attached hydrogen (secondary N) is 1. The number of hydrogen-bond acceptors (Lipinski definition) is 3. The first kappa shape index (κ1) is 20.0. The van der Waals surface area contributed by atoms with E-state index in [9.17, 15) is 4.79 Å². The molecule has 0 radical (unpaired) electrons. The first-order valence-electron chi connectivity index (χ1n) is 10.2. The van der Waals surface area contributed by atoms with Gasteiger partial charge in [0.25, 0.3) is 5.91 Å². The number of carbonyl (C=O) groups excluding carboxylic acids is 1. The van der Waals surface area contributed by atoms with Crippen LogP contribution in [0.3, 0.4) is 0 Å². The molecule has 1 aliphatic rings. The predicted octanol–water partition coefficient (Wildman–Crippen LogP) is 3.08. The Morgan fingerprint density at radius 2 is 1.67 bits per heavy atom. The van der Waals surface area contributed by atoms with Crippen LogP contribution in [0.4, 0.5) is 0 Å². The molecule has 3 N–H and O–H groups in total. The molecule has 5 nitrogen and oxygen atoms in total. The maximum atomic E-state index is 12.8. The number of nitrogens with two attached hydrogens (primary N) is 1. The number of fused-ring (bicyclic) bond motifs is 1. The summed E-state index contributed by atoms with van der Waals surface area (Å²) in [6.45, 7) is 4.72. The molecule has 0 unspecified atom stereocenters. The fourth-order valence-corrected chi connectivity index (χ4v) is 3.63. The van der Waals surface area contributed by atoms with Crippen molar-refractivity contribution in [3.05, 3.63) is 95.1 Å². The normalized spacial score (nSPS) is 14.2. The lowest BCUT2D eigenvalue weighted by Gasteiger charge is -2.21. The fraction of sp³-hybridized carbons (Fsp3) is 0.240. The molecule has 0 fully saturated rings. The number of carbonyl (C=O) groups is 1. The quantitative estimate of drug-likeness (QED) is 0.637. The molecule has 2 atom stereocenters. The number of ether oxygens (including phenoxy) is 2. The van der Waals surface area contributed by atoms with Crippen LogP contribution < -0.4 is 20.1 Å². The largest absolute Gasteiger partial charge is 0.454 e.